The zero-order valence-corrected chi connectivity index (χ0v) is 16.7. The first kappa shape index (κ1) is 18.0. The fourth-order valence-corrected chi connectivity index (χ4v) is 4.69. The third-order valence-corrected chi connectivity index (χ3v) is 6.10. The number of benzene rings is 2. The van der Waals surface area contributed by atoms with Gasteiger partial charge < -0.3 is 14.2 Å². The summed E-state index contributed by atoms with van der Waals surface area (Å²) in [6.07, 6.45) is 4.40. The lowest BCUT2D eigenvalue weighted by Gasteiger charge is -2.20. The smallest absolute Gasteiger partial charge is 0.203 e. The minimum atomic E-state index is 0.366. The molecule has 0 heterocycles. The predicted octanol–water partition coefficient (Wildman–Crippen LogP) is 5.13. The molecule has 0 saturated heterocycles. The van der Waals surface area contributed by atoms with E-state index in [2.05, 4.69) is 38.3 Å². The number of aryl methyl sites for hydroxylation is 1. The van der Waals surface area contributed by atoms with Crippen molar-refractivity contribution in [3.8, 4) is 17.2 Å². The van der Waals surface area contributed by atoms with E-state index in [1.54, 1.807) is 21.3 Å². The summed E-state index contributed by atoms with van der Waals surface area (Å²) in [6, 6.07) is 6.52. The lowest BCUT2D eigenvalue weighted by atomic mass is 9.90. The molecule has 1 aliphatic carbocycles. The zero-order valence-electron chi connectivity index (χ0n) is 15.9. The van der Waals surface area contributed by atoms with Crippen LogP contribution in [0.2, 0.25) is 0 Å². The highest BCUT2D eigenvalue weighted by molar-refractivity contribution is 7.98. The topological polar surface area (TPSA) is 27.7 Å². The van der Waals surface area contributed by atoms with Gasteiger partial charge in [-0.1, -0.05) is 0 Å². The molecule has 134 valence electrons. The Labute approximate surface area is 154 Å². The summed E-state index contributed by atoms with van der Waals surface area (Å²) in [5.41, 5.74) is 7.04. The van der Waals surface area contributed by atoms with Crippen molar-refractivity contribution in [2.75, 3.05) is 27.6 Å². The van der Waals surface area contributed by atoms with Crippen molar-refractivity contribution in [2.45, 2.75) is 37.5 Å². The molecule has 2 aromatic rings. The first-order chi connectivity index (χ1) is 12.0. The summed E-state index contributed by atoms with van der Waals surface area (Å²) in [4.78, 5) is 1.38. The van der Waals surface area contributed by atoms with Crippen molar-refractivity contribution in [1.82, 2.24) is 0 Å². The van der Waals surface area contributed by atoms with Crippen molar-refractivity contribution in [1.29, 1.82) is 0 Å². The fourth-order valence-electron chi connectivity index (χ4n) is 3.91. The second-order valence-electron chi connectivity index (χ2n) is 6.46. The highest BCUT2D eigenvalue weighted by Crippen LogP contribution is 2.48. The van der Waals surface area contributed by atoms with E-state index in [4.69, 9.17) is 14.2 Å². The van der Waals surface area contributed by atoms with Gasteiger partial charge in [-0.2, -0.15) is 0 Å². The monoisotopic (exact) mass is 358 g/mol. The third-order valence-electron chi connectivity index (χ3n) is 5.32. The van der Waals surface area contributed by atoms with Crippen LogP contribution in [0, 0.1) is 13.8 Å². The van der Waals surface area contributed by atoms with Gasteiger partial charge in [-0.15, -0.1) is 11.8 Å². The third kappa shape index (κ3) is 2.97. The van der Waals surface area contributed by atoms with Crippen LogP contribution in [0.3, 0.4) is 0 Å². The Morgan fingerprint density at radius 1 is 0.960 bits per heavy atom. The largest absolute Gasteiger partial charge is 0.493 e. The summed E-state index contributed by atoms with van der Waals surface area (Å²) in [5.74, 6) is 2.46. The number of methoxy groups -OCH3 is 3. The fraction of sp³-hybridized carbons (Fsp3) is 0.429. The van der Waals surface area contributed by atoms with Crippen molar-refractivity contribution < 1.29 is 14.2 Å². The molecule has 1 aliphatic rings. The van der Waals surface area contributed by atoms with Crippen LogP contribution in [0.4, 0.5) is 0 Å². The summed E-state index contributed by atoms with van der Waals surface area (Å²) < 4.78 is 16.6. The number of hydrogen-bond donors (Lipinski definition) is 0. The zero-order chi connectivity index (χ0) is 18.1. The van der Waals surface area contributed by atoms with Gasteiger partial charge >= 0.3 is 0 Å². The van der Waals surface area contributed by atoms with Crippen LogP contribution in [0.5, 0.6) is 17.2 Å². The van der Waals surface area contributed by atoms with Gasteiger partial charge in [-0.05, 0) is 79.0 Å². The van der Waals surface area contributed by atoms with E-state index in [1.807, 2.05) is 11.8 Å². The van der Waals surface area contributed by atoms with Gasteiger partial charge in [-0.25, -0.2) is 0 Å². The van der Waals surface area contributed by atoms with Gasteiger partial charge in [0, 0.05) is 10.8 Å². The first-order valence-corrected chi connectivity index (χ1v) is 9.75. The molecule has 4 heteroatoms. The molecule has 0 bridgehead atoms. The average Bonchev–Trinajstić information content (AvgIpc) is 3.08. The van der Waals surface area contributed by atoms with E-state index < -0.39 is 0 Å². The lowest BCUT2D eigenvalue weighted by Crippen LogP contribution is -2.03. The van der Waals surface area contributed by atoms with Gasteiger partial charge in [0.2, 0.25) is 5.75 Å². The van der Waals surface area contributed by atoms with Crippen molar-refractivity contribution >= 4 is 11.8 Å². The number of thioether (sulfide) groups is 1. The van der Waals surface area contributed by atoms with Crippen LogP contribution < -0.4 is 14.2 Å². The van der Waals surface area contributed by atoms with Crippen LogP contribution in [0.25, 0.3) is 0 Å². The van der Waals surface area contributed by atoms with Crippen molar-refractivity contribution in [3.63, 3.8) is 0 Å². The Kier molecular flexibility index (Phi) is 5.19. The normalized spacial score (nSPS) is 15.8. The van der Waals surface area contributed by atoms with E-state index >= 15 is 0 Å². The Bertz CT molecular complexity index is 773. The number of fused-ring (bicyclic) bond motifs is 1. The maximum Gasteiger partial charge on any atom is 0.203 e. The molecule has 3 nitrogen and oxygen atoms in total. The summed E-state index contributed by atoms with van der Waals surface area (Å²) in [5, 5.41) is 0. The summed E-state index contributed by atoms with van der Waals surface area (Å²) in [7, 11) is 4.98. The van der Waals surface area contributed by atoms with Crippen LogP contribution in [0.15, 0.2) is 23.1 Å². The Morgan fingerprint density at radius 2 is 1.60 bits per heavy atom. The maximum atomic E-state index is 5.56. The molecular weight excluding hydrogens is 332 g/mol. The van der Waals surface area contributed by atoms with E-state index in [9.17, 15) is 0 Å². The highest BCUT2D eigenvalue weighted by Gasteiger charge is 2.30. The molecule has 1 atom stereocenters. The van der Waals surface area contributed by atoms with E-state index in [0.29, 0.717) is 11.7 Å². The Balaban J connectivity index is 2.17. The molecule has 0 aliphatic heterocycles. The van der Waals surface area contributed by atoms with Crippen LogP contribution in [-0.2, 0) is 6.42 Å². The Hall–Kier alpha value is -1.81. The molecule has 0 aromatic heterocycles. The molecule has 3 rings (SSSR count). The van der Waals surface area contributed by atoms with Gasteiger partial charge in [0.25, 0.3) is 0 Å². The first-order valence-electron chi connectivity index (χ1n) is 8.52. The standard InChI is InChI=1S/C21H26O3S/c1-12-9-19(25-6)20-15(13(12)2)7-8-16(20)14-10-17(22-3)21(24-5)18(11-14)23-4/h9-11,16H,7-8H2,1-6H3. The molecule has 25 heavy (non-hydrogen) atoms. The molecular formula is C21H26O3S. The van der Waals surface area contributed by atoms with Gasteiger partial charge in [0.15, 0.2) is 11.5 Å². The minimum absolute atomic E-state index is 0.366. The molecule has 0 fully saturated rings. The second kappa shape index (κ2) is 7.20. The molecule has 1 unspecified atom stereocenters. The highest BCUT2D eigenvalue weighted by atomic mass is 32.2. The van der Waals surface area contributed by atoms with Crippen LogP contribution in [0.1, 0.15) is 40.2 Å². The number of ether oxygens (including phenoxy) is 3. The second-order valence-corrected chi connectivity index (χ2v) is 7.31. The predicted molar refractivity (Wildman–Crippen MR) is 104 cm³/mol. The van der Waals surface area contributed by atoms with Crippen molar-refractivity contribution in [3.05, 3.63) is 46.0 Å². The average molecular weight is 359 g/mol. The van der Waals surface area contributed by atoms with Crippen molar-refractivity contribution in [2.24, 2.45) is 0 Å². The van der Waals surface area contributed by atoms with Crippen LogP contribution >= 0.6 is 11.8 Å². The quantitative estimate of drug-likeness (QED) is 0.693. The lowest BCUT2D eigenvalue weighted by molar-refractivity contribution is 0.323. The SMILES string of the molecule is COc1cc(C2CCc3c(C)c(C)cc(SC)c32)cc(OC)c1OC. The van der Waals surface area contributed by atoms with E-state index in [-0.39, 0.29) is 0 Å². The van der Waals surface area contributed by atoms with Gasteiger partial charge in [-0.3, -0.25) is 0 Å². The molecule has 0 N–H and O–H groups in total. The number of rotatable bonds is 5. The van der Waals surface area contributed by atoms with E-state index in [0.717, 1.165) is 24.3 Å². The van der Waals surface area contributed by atoms with Gasteiger partial charge in [0.05, 0.1) is 21.3 Å². The molecule has 0 amide bonds. The Morgan fingerprint density at radius 3 is 2.12 bits per heavy atom. The minimum Gasteiger partial charge on any atom is -0.493 e. The number of hydrogen-bond acceptors (Lipinski definition) is 4. The maximum absolute atomic E-state index is 5.56. The molecule has 0 spiro atoms. The van der Waals surface area contributed by atoms with Gasteiger partial charge in [0.1, 0.15) is 0 Å². The molecule has 2 aromatic carbocycles. The molecule has 0 radical (unpaired) electrons. The summed E-state index contributed by atoms with van der Waals surface area (Å²) >= 11 is 1.84. The van der Waals surface area contributed by atoms with Crippen LogP contribution in [-0.4, -0.2) is 27.6 Å². The summed E-state index contributed by atoms with van der Waals surface area (Å²) in [6.45, 7) is 4.46. The van der Waals surface area contributed by atoms with E-state index in [1.165, 1.54) is 32.7 Å². The molecule has 0 saturated carbocycles.